The van der Waals surface area contributed by atoms with Crippen LogP contribution in [-0.2, 0) is 6.54 Å². The Balaban J connectivity index is 1.50. The smallest absolute Gasteiger partial charge is 0.223 e. The third kappa shape index (κ3) is 3.75. The molecule has 0 fully saturated rings. The van der Waals surface area contributed by atoms with Gasteiger partial charge in [-0.1, -0.05) is 0 Å². The van der Waals surface area contributed by atoms with Crippen molar-refractivity contribution in [3.8, 4) is 21.8 Å². The fraction of sp³-hybridized carbons (Fsp3) is 0.176. The first-order valence-electron chi connectivity index (χ1n) is 7.89. The molecule has 0 radical (unpaired) electrons. The van der Waals surface area contributed by atoms with E-state index in [9.17, 15) is 0 Å². The number of rotatable bonds is 7. The average Bonchev–Trinajstić information content (AvgIpc) is 3.42. The van der Waals surface area contributed by atoms with Crippen molar-refractivity contribution in [2.45, 2.75) is 13.0 Å². The summed E-state index contributed by atoms with van der Waals surface area (Å²) in [6.07, 6.45) is 10.2. The second kappa shape index (κ2) is 7.54. The van der Waals surface area contributed by atoms with E-state index in [1.54, 1.807) is 35.1 Å². The van der Waals surface area contributed by atoms with Gasteiger partial charge in [0.25, 0.3) is 0 Å². The SMILES string of the molecule is c1cn(CCCNc2ncc(-c3ccsc3)c(-c3nccs3)n2)cn1. The number of hydrogen-bond acceptors (Lipinski definition) is 7. The van der Waals surface area contributed by atoms with Gasteiger partial charge in [-0.05, 0) is 28.8 Å². The first-order chi connectivity index (χ1) is 12.4. The lowest BCUT2D eigenvalue weighted by atomic mass is 10.1. The lowest BCUT2D eigenvalue weighted by Gasteiger charge is -2.09. The highest BCUT2D eigenvalue weighted by atomic mass is 32.1. The number of hydrogen-bond donors (Lipinski definition) is 1. The van der Waals surface area contributed by atoms with Crippen molar-refractivity contribution in [3.05, 3.63) is 53.3 Å². The molecule has 8 heteroatoms. The zero-order chi connectivity index (χ0) is 16.9. The van der Waals surface area contributed by atoms with Crippen molar-refractivity contribution in [1.82, 2.24) is 24.5 Å². The standard InChI is InChI=1S/C17H16N6S2/c1(6-23-7-4-18-12-23)3-20-17-21-10-14(13-2-8-24-11-13)15(22-17)16-19-5-9-25-16/h2,4-5,7-12H,1,3,6H2,(H,20,21,22). The maximum absolute atomic E-state index is 4.72. The Hall–Kier alpha value is -2.58. The fourth-order valence-electron chi connectivity index (χ4n) is 2.48. The Labute approximate surface area is 153 Å². The molecule has 0 saturated heterocycles. The van der Waals surface area contributed by atoms with Crippen LogP contribution in [0.5, 0.6) is 0 Å². The summed E-state index contributed by atoms with van der Waals surface area (Å²) in [5.41, 5.74) is 3.02. The molecule has 4 aromatic heterocycles. The van der Waals surface area contributed by atoms with Crippen molar-refractivity contribution >= 4 is 28.6 Å². The van der Waals surface area contributed by atoms with E-state index in [1.165, 1.54) is 0 Å². The molecule has 4 heterocycles. The van der Waals surface area contributed by atoms with E-state index in [0.29, 0.717) is 5.95 Å². The topological polar surface area (TPSA) is 68.5 Å². The van der Waals surface area contributed by atoms with Crippen molar-refractivity contribution in [3.63, 3.8) is 0 Å². The van der Waals surface area contributed by atoms with Gasteiger partial charge < -0.3 is 9.88 Å². The Kier molecular flexibility index (Phi) is 4.80. The third-order valence-corrected chi connectivity index (χ3v) is 5.15. The highest BCUT2D eigenvalue weighted by molar-refractivity contribution is 7.13. The highest BCUT2D eigenvalue weighted by Gasteiger charge is 2.13. The molecule has 0 aliphatic carbocycles. The zero-order valence-corrected chi connectivity index (χ0v) is 15.0. The van der Waals surface area contributed by atoms with Crippen molar-refractivity contribution in [2.75, 3.05) is 11.9 Å². The molecule has 4 rings (SSSR count). The summed E-state index contributed by atoms with van der Waals surface area (Å²) in [5.74, 6) is 0.634. The molecule has 0 bridgehead atoms. The average molecular weight is 368 g/mol. The van der Waals surface area contributed by atoms with Gasteiger partial charge >= 0.3 is 0 Å². The van der Waals surface area contributed by atoms with E-state index in [0.717, 1.165) is 41.3 Å². The minimum Gasteiger partial charge on any atom is -0.354 e. The van der Waals surface area contributed by atoms with Gasteiger partial charge in [-0.3, -0.25) is 0 Å². The van der Waals surface area contributed by atoms with Gasteiger partial charge in [0.2, 0.25) is 5.95 Å². The Morgan fingerprint density at radius 1 is 1.16 bits per heavy atom. The summed E-state index contributed by atoms with van der Waals surface area (Å²) in [4.78, 5) is 17.7. The first kappa shape index (κ1) is 15.9. The van der Waals surface area contributed by atoms with E-state index in [2.05, 4.69) is 41.7 Å². The van der Waals surface area contributed by atoms with Gasteiger partial charge in [0.15, 0.2) is 0 Å². The predicted molar refractivity (Wildman–Crippen MR) is 102 cm³/mol. The molecule has 0 atom stereocenters. The molecule has 4 aromatic rings. The lowest BCUT2D eigenvalue weighted by molar-refractivity contribution is 0.659. The second-order valence-corrected chi connectivity index (χ2v) is 7.06. The quantitative estimate of drug-likeness (QED) is 0.499. The molecule has 0 aromatic carbocycles. The van der Waals surface area contributed by atoms with E-state index in [1.807, 2.05) is 24.1 Å². The van der Waals surface area contributed by atoms with Crippen molar-refractivity contribution in [1.29, 1.82) is 0 Å². The van der Waals surface area contributed by atoms with Crippen molar-refractivity contribution < 1.29 is 0 Å². The molecule has 25 heavy (non-hydrogen) atoms. The molecule has 0 amide bonds. The van der Waals surface area contributed by atoms with Gasteiger partial charge in [0.1, 0.15) is 10.7 Å². The van der Waals surface area contributed by atoms with E-state index in [-0.39, 0.29) is 0 Å². The molecule has 0 saturated carbocycles. The number of nitrogens with one attached hydrogen (secondary N) is 1. The van der Waals surface area contributed by atoms with Crippen molar-refractivity contribution in [2.24, 2.45) is 0 Å². The number of aromatic nitrogens is 5. The summed E-state index contributed by atoms with van der Waals surface area (Å²) in [5, 5.41) is 10.3. The second-order valence-electron chi connectivity index (χ2n) is 5.39. The third-order valence-electron chi connectivity index (χ3n) is 3.69. The zero-order valence-electron chi connectivity index (χ0n) is 13.4. The Morgan fingerprint density at radius 2 is 2.16 bits per heavy atom. The van der Waals surface area contributed by atoms with E-state index in [4.69, 9.17) is 4.98 Å². The van der Waals surface area contributed by atoms with Crippen LogP contribution in [0.25, 0.3) is 21.8 Å². The van der Waals surface area contributed by atoms with Crippen LogP contribution in [0.15, 0.2) is 53.3 Å². The number of thiophene rings is 1. The van der Waals surface area contributed by atoms with Crippen LogP contribution < -0.4 is 5.32 Å². The van der Waals surface area contributed by atoms with Gasteiger partial charge in [-0.15, -0.1) is 11.3 Å². The van der Waals surface area contributed by atoms with Crippen LogP contribution >= 0.6 is 22.7 Å². The van der Waals surface area contributed by atoms with Crippen LogP contribution in [0.2, 0.25) is 0 Å². The van der Waals surface area contributed by atoms with Gasteiger partial charge in [-0.2, -0.15) is 11.3 Å². The Morgan fingerprint density at radius 3 is 2.92 bits per heavy atom. The minimum absolute atomic E-state index is 0.634. The monoisotopic (exact) mass is 368 g/mol. The number of anilines is 1. The van der Waals surface area contributed by atoms with Crippen LogP contribution in [0.3, 0.4) is 0 Å². The Bertz CT molecular complexity index is 901. The van der Waals surface area contributed by atoms with Crippen LogP contribution in [0, 0.1) is 0 Å². The molecule has 126 valence electrons. The molecule has 1 N–H and O–H groups in total. The summed E-state index contributed by atoms with van der Waals surface area (Å²) < 4.78 is 2.06. The number of imidazole rings is 1. The molecule has 0 aliphatic heterocycles. The number of thiazole rings is 1. The maximum atomic E-state index is 4.72. The predicted octanol–water partition coefficient (Wildman–Crippen LogP) is 4.03. The lowest BCUT2D eigenvalue weighted by Crippen LogP contribution is -2.09. The van der Waals surface area contributed by atoms with Crippen LogP contribution in [0.1, 0.15) is 6.42 Å². The van der Waals surface area contributed by atoms with Gasteiger partial charge in [0, 0.05) is 48.8 Å². The molecular weight excluding hydrogens is 352 g/mol. The van der Waals surface area contributed by atoms with Crippen LogP contribution in [0.4, 0.5) is 5.95 Å². The molecule has 0 spiro atoms. The largest absolute Gasteiger partial charge is 0.354 e. The number of aryl methyl sites for hydroxylation is 1. The van der Waals surface area contributed by atoms with Gasteiger partial charge in [-0.25, -0.2) is 19.9 Å². The normalized spacial score (nSPS) is 10.9. The van der Waals surface area contributed by atoms with E-state index >= 15 is 0 Å². The molecular formula is C17H16N6S2. The summed E-state index contributed by atoms with van der Waals surface area (Å²) in [7, 11) is 0. The molecule has 6 nitrogen and oxygen atoms in total. The summed E-state index contributed by atoms with van der Waals surface area (Å²) in [6.45, 7) is 1.71. The molecule has 0 aliphatic rings. The van der Waals surface area contributed by atoms with E-state index < -0.39 is 0 Å². The minimum atomic E-state index is 0.634. The van der Waals surface area contributed by atoms with Gasteiger partial charge in [0.05, 0.1) is 6.33 Å². The summed E-state index contributed by atoms with van der Waals surface area (Å²) in [6, 6.07) is 2.08. The maximum Gasteiger partial charge on any atom is 0.223 e. The first-order valence-corrected chi connectivity index (χ1v) is 9.71. The summed E-state index contributed by atoms with van der Waals surface area (Å²) >= 11 is 3.25. The fourth-order valence-corrected chi connectivity index (χ4v) is 3.78. The highest BCUT2D eigenvalue weighted by Crippen LogP contribution is 2.32. The van der Waals surface area contributed by atoms with Crippen LogP contribution in [-0.4, -0.2) is 31.0 Å². The molecule has 0 unspecified atom stereocenters. The number of nitrogens with zero attached hydrogens (tertiary/aromatic N) is 5.